The second kappa shape index (κ2) is 3.58. The summed E-state index contributed by atoms with van der Waals surface area (Å²) < 4.78 is 0. The third-order valence-corrected chi connectivity index (χ3v) is 1.83. The number of hydrogen-bond acceptors (Lipinski definition) is 1. The van der Waals surface area contributed by atoms with Gasteiger partial charge in [-0.3, -0.25) is 4.79 Å². The molecule has 0 radical (unpaired) electrons. The summed E-state index contributed by atoms with van der Waals surface area (Å²) in [6.45, 7) is 1.91. The first kappa shape index (κ1) is 8.34. The van der Waals surface area contributed by atoms with Crippen LogP contribution in [0.4, 0.5) is 0 Å². The van der Waals surface area contributed by atoms with Crippen LogP contribution in [0, 0.1) is 6.92 Å². The minimum absolute atomic E-state index is 0.0225. The fourth-order valence-corrected chi connectivity index (χ4v) is 1.20. The molecule has 0 fully saturated rings. The number of halogens is 1. The second-order valence-corrected chi connectivity index (χ2v) is 2.79. The molecule has 0 spiro atoms. The Bertz CT molecular complexity index is 292. The zero-order valence-corrected chi connectivity index (χ0v) is 7.11. The first-order valence-corrected chi connectivity index (χ1v) is 4.02. The van der Waals surface area contributed by atoms with Crippen LogP contribution in [0.3, 0.4) is 0 Å². The maximum atomic E-state index is 11.1. The highest BCUT2D eigenvalue weighted by Crippen LogP contribution is 2.01. The van der Waals surface area contributed by atoms with Crippen molar-refractivity contribution in [2.75, 3.05) is 5.88 Å². The van der Waals surface area contributed by atoms with E-state index in [4.69, 9.17) is 11.6 Å². The van der Waals surface area contributed by atoms with Gasteiger partial charge in [-0.15, -0.1) is 11.6 Å². The lowest BCUT2D eigenvalue weighted by Gasteiger charge is -1.99. The molecule has 0 aromatic carbocycles. The van der Waals surface area contributed by atoms with Gasteiger partial charge in [0, 0.05) is 17.6 Å². The molecule has 1 aromatic heterocycles. The van der Waals surface area contributed by atoms with Crippen LogP contribution in [0.2, 0.25) is 0 Å². The topological polar surface area (TPSA) is 32.9 Å². The van der Waals surface area contributed by atoms with Crippen molar-refractivity contribution in [3.05, 3.63) is 33.7 Å². The average molecular weight is 172 g/mol. The molecule has 1 aromatic rings. The van der Waals surface area contributed by atoms with Crippen LogP contribution in [-0.4, -0.2) is 10.9 Å². The molecule has 3 heteroatoms. The van der Waals surface area contributed by atoms with Gasteiger partial charge in [0.15, 0.2) is 0 Å². The summed E-state index contributed by atoms with van der Waals surface area (Å²) in [6, 6.07) is 1.88. The Balaban J connectivity index is 3.10. The maximum Gasteiger partial charge on any atom is 0.251 e. The average Bonchev–Trinajstić information content (AvgIpc) is 1.97. The van der Waals surface area contributed by atoms with Gasteiger partial charge in [0.25, 0.3) is 5.56 Å². The third-order valence-electron chi connectivity index (χ3n) is 1.64. The van der Waals surface area contributed by atoms with Crippen molar-refractivity contribution >= 4 is 11.6 Å². The van der Waals surface area contributed by atoms with Crippen LogP contribution < -0.4 is 5.56 Å². The Morgan fingerprint density at radius 3 is 2.91 bits per heavy atom. The van der Waals surface area contributed by atoms with Crippen molar-refractivity contribution in [3.8, 4) is 0 Å². The van der Waals surface area contributed by atoms with E-state index < -0.39 is 0 Å². The number of pyridine rings is 1. The first-order chi connectivity index (χ1) is 5.25. The van der Waals surface area contributed by atoms with Gasteiger partial charge in [0.2, 0.25) is 0 Å². The molecular formula is C8H10ClNO. The maximum absolute atomic E-state index is 11.1. The molecule has 1 rings (SSSR count). The lowest BCUT2D eigenvalue weighted by atomic mass is 10.1. The summed E-state index contributed by atoms with van der Waals surface area (Å²) in [4.78, 5) is 13.7. The zero-order chi connectivity index (χ0) is 8.27. The molecule has 0 saturated carbocycles. The molecule has 1 heterocycles. The third kappa shape index (κ3) is 1.84. The standard InChI is InChI=1S/C8H10ClNO/c1-6-3-5-10-8(11)7(6)2-4-9/h3,5H,2,4H2,1H3,(H,10,11). The molecule has 0 unspecified atom stereocenters. The van der Waals surface area contributed by atoms with E-state index in [0.717, 1.165) is 11.1 Å². The Labute approximate surface area is 70.2 Å². The number of aromatic nitrogens is 1. The molecule has 0 bridgehead atoms. The molecule has 0 saturated heterocycles. The number of hydrogen-bond donors (Lipinski definition) is 1. The van der Waals surface area contributed by atoms with Crippen LogP contribution in [0.15, 0.2) is 17.1 Å². The number of aryl methyl sites for hydroxylation is 1. The second-order valence-electron chi connectivity index (χ2n) is 2.41. The first-order valence-electron chi connectivity index (χ1n) is 3.49. The lowest BCUT2D eigenvalue weighted by Crippen LogP contribution is -2.13. The van der Waals surface area contributed by atoms with E-state index in [1.807, 2.05) is 13.0 Å². The van der Waals surface area contributed by atoms with E-state index in [9.17, 15) is 4.79 Å². The van der Waals surface area contributed by atoms with E-state index in [1.165, 1.54) is 0 Å². The molecule has 11 heavy (non-hydrogen) atoms. The van der Waals surface area contributed by atoms with Gasteiger partial charge in [-0.2, -0.15) is 0 Å². The van der Waals surface area contributed by atoms with Gasteiger partial charge in [0.05, 0.1) is 0 Å². The monoisotopic (exact) mass is 171 g/mol. The molecule has 0 aliphatic heterocycles. The fraction of sp³-hybridized carbons (Fsp3) is 0.375. The van der Waals surface area contributed by atoms with Gasteiger partial charge < -0.3 is 4.98 Å². The van der Waals surface area contributed by atoms with Crippen molar-refractivity contribution in [1.82, 2.24) is 4.98 Å². The van der Waals surface area contributed by atoms with Crippen molar-refractivity contribution in [2.24, 2.45) is 0 Å². The quantitative estimate of drug-likeness (QED) is 0.672. The van der Waals surface area contributed by atoms with Crippen molar-refractivity contribution in [1.29, 1.82) is 0 Å². The van der Waals surface area contributed by atoms with Gasteiger partial charge in [-0.25, -0.2) is 0 Å². The van der Waals surface area contributed by atoms with Crippen LogP contribution in [0.25, 0.3) is 0 Å². The van der Waals surface area contributed by atoms with E-state index >= 15 is 0 Å². The fourth-order valence-electron chi connectivity index (χ4n) is 1.01. The van der Waals surface area contributed by atoms with Crippen LogP contribution >= 0.6 is 11.6 Å². The van der Waals surface area contributed by atoms with E-state index in [2.05, 4.69) is 4.98 Å². The summed E-state index contributed by atoms with van der Waals surface area (Å²) in [5, 5.41) is 0. The molecule has 0 aliphatic carbocycles. The Morgan fingerprint density at radius 1 is 1.64 bits per heavy atom. The molecule has 0 aliphatic rings. The lowest BCUT2D eigenvalue weighted by molar-refractivity contribution is 1.04. The highest BCUT2D eigenvalue weighted by molar-refractivity contribution is 6.17. The number of aromatic amines is 1. The summed E-state index contributed by atoms with van der Waals surface area (Å²) in [5.41, 5.74) is 1.78. The number of rotatable bonds is 2. The zero-order valence-electron chi connectivity index (χ0n) is 6.36. The molecule has 60 valence electrons. The smallest absolute Gasteiger partial charge is 0.251 e. The van der Waals surface area contributed by atoms with Crippen molar-refractivity contribution in [3.63, 3.8) is 0 Å². The van der Waals surface area contributed by atoms with E-state index in [1.54, 1.807) is 6.20 Å². The summed E-state index contributed by atoms with van der Waals surface area (Å²) in [7, 11) is 0. The Hall–Kier alpha value is -0.760. The van der Waals surface area contributed by atoms with Crippen LogP contribution in [-0.2, 0) is 6.42 Å². The van der Waals surface area contributed by atoms with Crippen molar-refractivity contribution < 1.29 is 0 Å². The minimum Gasteiger partial charge on any atom is -0.329 e. The molecule has 2 nitrogen and oxygen atoms in total. The highest BCUT2D eigenvalue weighted by Gasteiger charge is 2.00. The van der Waals surface area contributed by atoms with Crippen LogP contribution in [0.5, 0.6) is 0 Å². The Morgan fingerprint density at radius 2 is 2.36 bits per heavy atom. The van der Waals surface area contributed by atoms with Gasteiger partial charge in [-0.05, 0) is 25.0 Å². The molecule has 0 amide bonds. The van der Waals surface area contributed by atoms with Crippen LogP contribution in [0.1, 0.15) is 11.1 Å². The van der Waals surface area contributed by atoms with E-state index in [-0.39, 0.29) is 5.56 Å². The number of nitrogens with one attached hydrogen (secondary N) is 1. The molecule has 0 atom stereocenters. The Kier molecular flexibility index (Phi) is 2.71. The number of alkyl halides is 1. The predicted molar refractivity (Wildman–Crippen MR) is 46.2 cm³/mol. The largest absolute Gasteiger partial charge is 0.329 e. The summed E-state index contributed by atoms with van der Waals surface area (Å²) >= 11 is 5.53. The van der Waals surface area contributed by atoms with Gasteiger partial charge >= 0.3 is 0 Å². The molecular weight excluding hydrogens is 162 g/mol. The van der Waals surface area contributed by atoms with Crippen molar-refractivity contribution in [2.45, 2.75) is 13.3 Å². The van der Waals surface area contributed by atoms with Gasteiger partial charge in [0.1, 0.15) is 0 Å². The minimum atomic E-state index is -0.0225. The number of H-pyrrole nitrogens is 1. The van der Waals surface area contributed by atoms with E-state index in [0.29, 0.717) is 12.3 Å². The normalized spacial score (nSPS) is 10.0. The van der Waals surface area contributed by atoms with Gasteiger partial charge in [-0.1, -0.05) is 0 Å². The predicted octanol–water partition coefficient (Wildman–Crippen LogP) is 1.46. The molecule has 1 N–H and O–H groups in total. The SMILES string of the molecule is Cc1cc[nH]c(=O)c1CCCl. The summed E-state index contributed by atoms with van der Waals surface area (Å²) in [6.07, 6.45) is 2.29. The summed E-state index contributed by atoms with van der Waals surface area (Å²) in [5.74, 6) is 0.494. The highest BCUT2D eigenvalue weighted by atomic mass is 35.5.